The molecule has 1 aliphatic carbocycles. The summed E-state index contributed by atoms with van der Waals surface area (Å²) in [6.07, 6.45) is 6.07. The van der Waals surface area contributed by atoms with Gasteiger partial charge in [-0.1, -0.05) is 42.7 Å². The maximum Gasteiger partial charge on any atom is 0.234 e. The Labute approximate surface area is 125 Å². The van der Waals surface area contributed by atoms with Crippen molar-refractivity contribution in [2.24, 2.45) is 0 Å². The highest BCUT2D eigenvalue weighted by Gasteiger charge is 2.23. The summed E-state index contributed by atoms with van der Waals surface area (Å²) >= 11 is 1.39. The largest absolute Gasteiger partial charge is 0.234 e. The molecule has 3 aromatic rings. The first-order chi connectivity index (χ1) is 10.3. The molecule has 0 unspecified atom stereocenters. The number of rotatable bonds is 2. The molecule has 108 valence electrons. The van der Waals surface area contributed by atoms with Gasteiger partial charge in [-0.3, -0.25) is 0 Å². The molecular formula is C15H15FN4S. The molecule has 0 atom stereocenters. The fourth-order valence-corrected chi connectivity index (χ4v) is 3.86. The van der Waals surface area contributed by atoms with Gasteiger partial charge in [0, 0.05) is 11.5 Å². The molecule has 4 nitrogen and oxygen atoms in total. The third kappa shape index (κ3) is 2.23. The summed E-state index contributed by atoms with van der Waals surface area (Å²) in [6.45, 7) is 0. The second-order valence-corrected chi connectivity index (χ2v) is 6.43. The molecule has 0 radical (unpaired) electrons. The first-order valence-corrected chi connectivity index (χ1v) is 8.11. The van der Waals surface area contributed by atoms with Crippen molar-refractivity contribution in [2.45, 2.75) is 38.0 Å². The highest BCUT2D eigenvalue weighted by molar-refractivity contribution is 7.19. The van der Waals surface area contributed by atoms with E-state index in [9.17, 15) is 4.39 Å². The van der Waals surface area contributed by atoms with Gasteiger partial charge in [0.05, 0.1) is 0 Å². The Bertz CT molecular complexity index is 773. The van der Waals surface area contributed by atoms with Gasteiger partial charge in [-0.15, -0.1) is 10.2 Å². The maximum absolute atomic E-state index is 13.9. The quantitative estimate of drug-likeness (QED) is 0.717. The SMILES string of the molecule is Fc1ccccc1-c1nn2c(C3CCCCC3)nnc2s1. The van der Waals surface area contributed by atoms with Crippen molar-refractivity contribution in [3.05, 3.63) is 35.9 Å². The molecule has 0 bridgehead atoms. The number of hydrogen-bond donors (Lipinski definition) is 0. The Morgan fingerprint density at radius 1 is 1.10 bits per heavy atom. The first-order valence-electron chi connectivity index (χ1n) is 7.30. The number of hydrogen-bond acceptors (Lipinski definition) is 4. The van der Waals surface area contributed by atoms with E-state index in [0.29, 0.717) is 16.5 Å². The minimum Gasteiger partial charge on any atom is -0.206 e. The van der Waals surface area contributed by atoms with Crippen LogP contribution in [-0.2, 0) is 0 Å². The van der Waals surface area contributed by atoms with E-state index in [1.54, 1.807) is 12.1 Å². The molecule has 2 heterocycles. The van der Waals surface area contributed by atoms with Gasteiger partial charge in [-0.05, 0) is 25.0 Å². The van der Waals surface area contributed by atoms with Crippen LogP contribution in [0.2, 0.25) is 0 Å². The molecule has 0 N–H and O–H groups in total. The molecule has 0 amide bonds. The number of nitrogens with zero attached hydrogens (tertiary/aromatic N) is 4. The summed E-state index contributed by atoms with van der Waals surface area (Å²) in [4.78, 5) is 0.744. The second kappa shape index (κ2) is 5.18. The van der Waals surface area contributed by atoms with Crippen molar-refractivity contribution in [1.29, 1.82) is 0 Å². The molecule has 2 aromatic heterocycles. The third-order valence-electron chi connectivity index (χ3n) is 4.09. The van der Waals surface area contributed by atoms with Crippen LogP contribution in [0.15, 0.2) is 24.3 Å². The molecule has 6 heteroatoms. The molecule has 0 saturated heterocycles. The van der Waals surface area contributed by atoms with E-state index in [1.807, 2.05) is 10.6 Å². The predicted octanol–water partition coefficient (Wildman–Crippen LogP) is 4.04. The lowest BCUT2D eigenvalue weighted by molar-refractivity contribution is 0.423. The normalized spacial score (nSPS) is 16.6. The van der Waals surface area contributed by atoms with Gasteiger partial charge in [-0.25, -0.2) is 4.39 Å². The van der Waals surface area contributed by atoms with Crippen LogP contribution in [-0.4, -0.2) is 19.8 Å². The first kappa shape index (κ1) is 12.9. The third-order valence-corrected chi connectivity index (χ3v) is 5.02. The Kier molecular flexibility index (Phi) is 3.18. The zero-order valence-corrected chi connectivity index (χ0v) is 12.3. The van der Waals surface area contributed by atoms with E-state index in [-0.39, 0.29) is 5.82 Å². The summed E-state index contributed by atoms with van der Waals surface area (Å²) in [6, 6.07) is 6.72. The molecule has 0 spiro atoms. The Morgan fingerprint density at radius 2 is 1.90 bits per heavy atom. The maximum atomic E-state index is 13.9. The standard InChI is InChI=1S/C15H15FN4S/c16-12-9-5-4-8-11(12)14-19-20-13(17-18-15(20)21-14)10-6-2-1-3-7-10/h4-5,8-10H,1-3,6-7H2. The fraction of sp³-hybridized carbons (Fsp3) is 0.400. The minimum atomic E-state index is -0.248. The van der Waals surface area contributed by atoms with Crippen molar-refractivity contribution in [2.75, 3.05) is 0 Å². The second-order valence-electron chi connectivity index (χ2n) is 5.47. The predicted molar refractivity (Wildman–Crippen MR) is 79.9 cm³/mol. The Hall–Kier alpha value is -1.82. The highest BCUT2D eigenvalue weighted by atomic mass is 32.1. The summed E-state index contributed by atoms with van der Waals surface area (Å²) in [5.74, 6) is 1.12. The van der Waals surface area contributed by atoms with Crippen molar-refractivity contribution in [1.82, 2.24) is 19.8 Å². The number of halogens is 1. The number of benzene rings is 1. The smallest absolute Gasteiger partial charge is 0.206 e. The summed E-state index contributed by atoms with van der Waals surface area (Å²) < 4.78 is 15.7. The lowest BCUT2D eigenvalue weighted by atomic mass is 9.89. The van der Waals surface area contributed by atoms with Gasteiger partial charge < -0.3 is 0 Å². The van der Waals surface area contributed by atoms with Gasteiger partial charge in [0.2, 0.25) is 4.96 Å². The van der Waals surface area contributed by atoms with Crippen LogP contribution in [0.3, 0.4) is 0 Å². The molecule has 4 rings (SSSR count). The van der Waals surface area contributed by atoms with Gasteiger partial charge in [0.25, 0.3) is 0 Å². The van der Waals surface area contributed by atoms with Gasteiger partial charge in [-0.2, -0.15) is 9.61 Å². The van der Waals surface area contributed by atoms with Crippen LogP contribution in [0.25, 0.3) is 15.5 Å². The van der Waals surface area contributed by atoms with E-state index < -0.39 is 0 Å². The zero-order valence-electron chi connectivity index (χ0n) is 11.5. The van der Waals surface area contributed by atoms with Crippen LogP contribution in [0.5, 0.6) is 0 Å². The monoisotopic (exact) mass is 302 g/mol. The number of fused-ring (bicyclic) bond motifs is 1. The van der Waals surface area contributed by atoms with Crippen LogP contribution in [0.4, 0.5) is 4.39 Å². The van der Waals surface area contributed by atoms with Crippen molar-refractivity contribution < 1.29 is 4.39 Å². The minimum absolute atomic E-state index is 0.248. The lowest BCUT2D eigenvalue weighted by Gasteiger charge is -2.18. The van der Waals surface area contributed by atoms with Crippen molar-refractivity contribution in [3.63, 3.8) is 0 Å². The topological polar surface area (TPSA) is 43.1 Å². The molecule has 0 aliphatic heterocycles. The van der Waals surface area contributed by atoms with E-state index in [0.717, 1.165) is 23.6 Å². The molecule has 21 heavy (non-hydrogen) atoms. The molecule has 1 fully saturated rings. The molecule has 1 aliphatic rings. The van der Waals surface area contributed by atoms with E-state index in [4.69, 9.17) is 0 Å². The Balaban J connectivity index is 1.77. The van der Waals surface area contributed by atoms with Crippen LogP contribution in [0, 0.1) is 5.82 Å². The summed E-state index contributed by atoms with van der Waals surface area (Å²) in [7, 11) is 0. The highest BCUT2D eigenvalue weighted by Crippen LogP contribution is 2.34. The van der Waals surface area contributed by atoms with Crippen molar-refractivity contribution >= 4 is 16.3 Å². The lowest BCUT2D eigenvalue weighted by Crippen LogP contribution is -2.09. The fourth-order valence-electron chi connectivity index (χ4n) is 2.99. The van der Waals surface area contributed by atoms with Gasteiger partial charge in [0.1, 0.15) is 5.82 Å². The van der Waals surface area contributed by atoms with Crippen LogP contribution in [0.1, 0.15) is 43.8 Å². The molecular weight excluding hydrogens is 287 g/mol. The van der Waals surface area contributed by atoms with E-state index in [2.05, 4.69) is 15.3 Å². The number of aromatic nitrogens is 4. The van der Waals surface area contributed by atoms with E-state index in [1.165, 1.54) is 36.7 Å². The molecule has 1 aromatic carbocycles. The summed E-state index contributed by atoms with van der Waals surface area (Å²) in [5.41, 5.74) is 0.530. The Morgan fingerprint density at radius 3 is 2.71 bits per heavy atom. The van der Waals surface area contributed by atoms with E-state index >= 15 is 0 Å². The van der Waals surface area contributed by atoms with Gasteiger partial charge in [0.15, 0.2) is 10.8 Å². The van der Waals surface area contributed by atoms with Crippen molar-refractivity contribution in [3.8, 4) is 10.6 Å². The molecule has 1 saturated carbocycles. The summed E-state index contributed by atoms with van der Waals surface area (Å²) in [5, 5.41) is 13.7. The average Bonchev–Trinajstić information content (AvgIpc) is 3.08. The van der Waals surface area contributed by atoms with Crippen LogP contribution >= 0.6 is 11.3 Å². The average molecular weight is 302 g/mol. The van der Waals surface area contributed by atoms with Gasteiger partial charge >= 0.3 is 0 Å². The van der Waals surface area contributed by atoms with Crippen LogP contribution < -0.4 is 0 Å². The zero-order chi connectivity index (χ0) is 14.2.